The second-order valence-corrected chi connectivity index (χ2v) is 6.61. The summed E-state index contributed by atoms with van der Waals surface area (Å²) in [6, 6.07) is 13.8. The maximum atomic E-state index is 13.0. The van der Waals surface area contributed by atoms with Crippen LogP contribution in [-0.4, -0.2) is 31.6 Å². The van der Waals surface area contributed by atoms with Gasteiger partial charge in [-0.25, -0.2) is 14.5 Å². The van der Waals surface area contributed by atoms with Crippen LogP contribution in [0.1, 0.15) is 35.2 Å². The molecule has 0 aliphatic carbocycles. The Bertz CT molecular complexity index is 1020. The van der Waals surface area contributed by atoms with Crippen molar-refractivity contribution < 1.29 is 28.6 Å². The molecular formula is C22H19NO6. The topological polar surface area (TPSA) is 82.1 Å². The van der Waals surface area contributed by atoms with E-state index in [1.165, 1.54) is 12.0 Å². The van der Waals surface area contributed by atoms with E-state index in [4.69, 9.17) is 14.2 Å². The van der Waals surface area contributed by atoms with Gasteiger partial charge in [-0.15, -0.1) is 0 Å². The van der Waals surface area contributed by atoms with E-state index in [9.17, 15) is 14.4 Å². The summed E-state index contributed by atoms with van der Waals surface area (Å²) in [7, 11) is 1.31. The van der Waals surface area contributed by atoms with Crippen molar-refractivity contribution >= 4 is 23.5 Å². The number of esters is 2. The maximum Gasteiger partial charge on any atom is 0.340 e. The Hall–Kier alpha value is -3.61. The molecule has 2 aliphatic rings. The van der Waals surface area contributed by atoms with Crippen molar-refractivity contribution in [2.45, 2.75) is 19.3 Å². The van der Waals surface area contributed by atoms with Crippen molar-refractivity contribution in [3.8, 4) is 5.75 Å². The van der Waals surface area contributed by atoms with Crippen molar-refractivity contribution in [1.29, 1.82) is 0 Å². The number of fused-ring (bicyclic) bond motifs is 3. The number of ether oxygens (including phenoxy) is 3. The van der Waals surface area contributed by atoms with Crippen molar-refractivity contribution in [1.82, 2.24) is 0 Å². The van der Waals surface area contributed by atoms with Crippen LogP contribution in [0.5, 0.6) is 5.75 Å². The average Bonchev–Trinajstić information content (AvgIpc) is 3.13. The van der Waals surface area contributed by atoms with E-state index in [0.29, 0.717) is 22.6 Å². The van der Waals surface area contributed by atoms with E-state index in [1.807, 2.05) is 0 Å². The highest BCUT2D eigenvalue weighted by Gasteiger charge is 2.44. The smallest absolute Gasteiger partial charge is 0.340 e. The van der Waals surface area contributed by atoms with Gasteiger partial charge in [-0.3, -0.25) is 4.79 Å². The van der Waals surface area contributed by atoms with Gasteiger partial charge >= 0.3 is 11.9 Å². The lowest BCUT2D eigenvalue weighted by atomic mass is 9.85. The minimum atomic E-state index is -0.547. The Balaban J connectivity index is 1.81. The quantitative estimate of drug-likeness (QED) is 0.742. The van der Waals surface area contributed by atoms with Crippen LogP contribution < -0.4 is 9.64 Å². The van der Waals surface area contributed by atoms with E-state index in [-0.39, 0.29) is 30.4 Å². The number of hydrogen-bond acceptors (Lipinski definition) is 6. The number of rotatable bonds is 4. The van der Waals surface area contributed by atoms with Gasteiger partial charge in [-0.05, 0) is 36.8 Å². The fourth-order valence-electron chi connectivity index (χ4n) is 3.62. The number of methoxy groups -OCH3 is 1. The molecule has 29 heavy (non-hydrogen) atoms. The minimum absolute atomic E-state index is 0.0763. The molecule has 0 fully saturated rings. The first kappa shape index (κ1) is 18.7. The van der Waals surface area contributed by atoms with Crippen LogP contribution in [0.3, 0.4) is 0 Å². The molecule has 0 saturated carbocycles. The molecule has 0 saturated heterocycles. The second-order valence-electron chi connectivity index (χ2n) is 6.61. The van der Waals surface area contributed by atoms with E-state index in [1.54, 1.807) is 55.5 Å². The highest BCUT2D eigenvalue weighted by Crippen LogP contribution is 2.47. The third-order valence-corrected chi connectivity index (χ3v) is 4.95. The zero-order chi connectivity index (χ0) is 20.5. The SMILES string of the molecule is CCOC(=O)C1=C2Oc3ccccc3N2C(=O)C[C@@H]1c1ccc(C(=O)OC)cc1. The molecule has 0 aromatic heterocycles. The predicted octanol–water partition coefficient (Wildman–Crippen LogP) is 3.16. The highest BCUT2D eigenvalue weighted by atomic mass is 16.5. The van der Waals surface area contributed by atoms with Crippen LogP contribution in [0.2, 0.25) is 0 Å². The predicted molar refractivity (Wildman–Crippen MR) is 103 cm³/mol. The molecule has 2 heterocycles. The van der Waals surface area contributed by atoms with E-state index < -0.39 is 17.9 Å². The molecule has 4 rings (SSSR count). The van der Waals surface area contributed by atoms with Crippen molar-refractivity contribution in [2.75, 3.05) is 18.6 Å². The lowest BCUT2D eigenvalue weighted by molar-refractivity contribution is -0.139. The Morgan fingerprint density at radius 3 is 2.52 bits per heavy atom. The Morgan fingerprint density at radius 2 is 1.83 bits per heavy atom. The third kappa shape index (κ3) is 3.14. The zero-order valence-corrected chi connectivity index (χ0v) is 16.0. The molecule has 7 heteroatoms. The number of benzene rings is 2. The molecule has 1 amide bonds. The first-order valence-corrected chi connectivity index (χ1v) is 9.24. The van der Waals surface area contributed by atoms with Gasteiger partial charge in [0.25, 0.3) is 0 Å². The number of anilines is 1. The van der Waals surface area contributed by atoms with Gasteiger partial charge in [0.15, 0.2) is 5.75 Å². The van der Waals surface area contributed by atoms with Crippen molar-refractivity contribution in [2.24, 2.45) is 0 Å². The number of amides is 1. The second kappa shape index (κ2) is 7.43. The van der Waals surface area contributed by atoms with Gasteiger partial charge in [0, 0.05) is 12.3 Å². The van der Waals surface area contributed by atoms with Crippen LogP contribution in [0.15, 0.2) is 60.0 Å². The van der Waals surface area contributed by atoms with Gasteiger partial charge in [0.1, 0.15) is 5.57 Å². The molecule has 0 radical (unpaired) electrons. The number of nitrogens with zero attached hydrogens (tertiary/aromatic N) is 1. The standard InChI is InChI=1S/C22H19NO6/c1-3-28-22(26)19-15(13-8-10-14(11-9-13)21(25)27-2)12-18(24)23-16-6-4-5-7-17(16)29-20(19)23/h4-11,15H,3,12H2,1-2H3/t15-/m1/s1. The summed E-state index contributed by atoms with van der Waals surface area (Å²) in [5.41, 5.74) is 1.98. The highest BCUT2D eigenvalue weighted by molar-refractivity contribution is 6.06. The molecule has 0 unspecified atom stereocenters. The number of carbonyl (C=O) groups is 3. The van der Waals surface area contributed by atoms with Gasteiger partial charge < -0.3 is 14.2 Å². The molecule has 0 bridgehead atoms. The van der Waals surface area contributed by atoms with E-state index in [0.717, 1.165) is 0 Å². The van der Waals surface area contributed by atoms with Crippen LogP contribution in [-0.2, 0) is 19.1 Å². The summed E-state index contributed by atoms with van der Waals surface area (Å²) in [5, 5.41) is 0. The molecule has 2 aromatic rings. The largest absolute Gasteiger partial charge is 0.465 e. The molecule has 0 spiro atoms. The fraction of sp³-hybridized carbons (Fsp3) is 0.227. The molecular weight excluding hydrogens is 374 g/mol. The number of carbonyl (C=O) groups excluding carboxylic acids is 3. The van der Waals surface area contributed by atoms with Gasteiger partial charge in [0.05, 0.1) is 25.0 Å². The Labute approximate surface area is 167 Å². The van der Waals surface area contributed by atoms with Gasteiger partial charge in [0.2, 0.25) is 11.8 Å². The summed E-state index contributed by atoms with van der Waals surface area (Å²) >= 11 is 0. The molecule has 2 aliphatic heterocycles. The summed E-state index contributed by atoms with van der Waals surface area (Å²) in [6.07, 6.45) is 0.0763. The monoisotopic (exact) mass is 393 g/mol. The number of para-hydroxylation sites is 2. The lowest BCUT2D eigenvalue weighted by Crippen LogP contribution is -2.38. The first-order chi connectivity index (χ1) is 14.0. The summed E-state index contributed by atoms with van der Waals surface area (Å²) in [4.78, 5) is 38.9. The van der Waals surface area contributed by atoms with Gasteiger partial charge in [-0.1, -0.05) is 24.3 Å². The number of hydrogen-bond donors (Lipinski definition) is 0. The van der Waals surface area contributed by atoms with Crippen molar-refractivity contribution in [3.63, 3.8) is 0 Å². The van der Waals surface area contributed by atoms with E-state index >= 15 is 0 Å². The van der Waals surface area contributed by atoms with Crippen LogP contribution in [0.4, 0.5) is 5.69 Å². The molecule has 1 atom stereocenters. The Kier molecular flexibility index (Phi) is 4.80. The lowest BCUT2D eigenvalue weighted by Gasteiger charge is -2.30. The van der Waals surface area contributed by atoms with Crippen molar-refractivity contribution in [3.05, 3.63) is 71.1 Å². The van der Waals surface area contributed by atoms with Crippen LogP contribution in [0.25, 0.3) is 0 Å². The maximum absolute atomic E-state index is 13.0. The fourth-order valence-corrected chi connectivity index (χ4v) is 3.62. The van der Waals surface area contributed by atoms with Crippen LogP contribution in [0, 0.1) is 0 Å². The van der Waals surface area contributed by atoms with Crippen LogP contribution >= 0.6 is 0 Å². The zero-order valence-electron chi connectivity index (χ0n) is 16.0. The van der Waals surface area contributed by atoms with E-state index in [2.05, 4.69) is 0 Å². The molecule has 7 nitrogen and oxygen atoms in total. The molecule has 0 N–H and O–H groups in total. The normalized spacial score (nSPS) is 17.4. The molecule has 148 valence electrons. The first-order valence-electron chi connectivity index (χ1n) is 9.24. The summed E-state index contributed by atoms with van der Waals surface area (Å²) in [6.45, 7) is 1.92. The summed E-state index contributed by atoms with van der Waals surface area (Å²) in [5.74, 6) is -1.02. The average molecular weight is 393 g/mol. The molecule has 2 aromatic carbocycles. The summed E-state index contributed by atoms with van der Waals surface area (Å²) < 4.78 is 15.9. The third-order valence-electron chi connectivity index (χ3n) is 4.95. The Morgan fingerprint density at radius 1 is 1.10 bits per heavy atom. The minimum Gasteiger partial charge on any atom is -0.465 e. The van der Waals surface area contributed by atoms with Gasteiger partial charge in [-0.2, -0.15) is 0 Å².